The Morgan fingerprint density at radius 3 is 2.28 bits per heavy atom. The van der Waals surface area contributed by atoms with Gasteiger partial charge in [0.05, 0.1) is 21.0 Å². The lowest BCUT2D eigenvalue weighted by molar-refractivity contribution is -0.114. The second-order valence-corrected chi connectivity index (χ2v) is 7.88. The fraction of sp³-hybridized carbons (Fsp3) is 0.158. The molecule has 3 aromatic rings. The van der Waals surface area contributed by atoms with Crippen molar-refractivity contribution >= 4 is 32.3 Å². The first-order valence-electron chi connectivity index (χ1n) is 7.79. The highest BCUT2D eigenvalue weighted by molar-refractivity contribution is 7.91. The van der Waals surface area contributed by atoms with Gasteiger partial charge in [0.1, 0.15) is 0 Å². The molecule has 2 aromatic carbocycles. The number of nitrogens with zero attached hydrogens (tertiary/aromatic N) is 1. The summed E-state index contributed by atoms with van der Waals surface area (Å²) in [5.41, 5.74) is 2.68. The standard InChI is InChI=1S/C19H18N2O3S/c1-12-4-7-15(8-5-12)25(23,24)18-11-10-17(21-14(3)22)19-16(18)9-6-13(2)20-19/h4-11H,1-3H3,(H,21,22). The summed E-state index contributed by atoms with van der Waals surface area (Å²) in [7, 11) is -3.69. The maximum absolute atomic E-state index is 13.1. The van der Waals surface area contributed by atoms with Crippen molar-refractivity contribution in [3.05, 3.63) is 59.8 Å². The molecule has 0 aliphatic rings. The number of rotatable bonds is 3. The smallest absolute Gasteiger partial charge is 0.221 e. The number of amides is 1. The number of aryl methyl sites for hydroxylation is 2. The van der Waals surface area contributed by atoms with Crippen LogP contribution in [-0.2, 0) is 14.6 Å². The van der Waals surface area contributed by atoms with Crippen LogP contribution in [0.1, 0.15) is 18.2 Å². The quantitative estimate of drug-likeness (QED) is 0.779. The topological polar surface area (TPSA) is 76.1 Å². The molecular formula is C19H18N2O3S. The Bertz CT molecular complexity index is 1070. The molecule has 6 heteroatoms. The largest absolute Gasteiger partial charge is 0.324 e. The first kappa shape index (κ1) is 17.1. The summed E-state index contributed by atoms with van der Waals surface area (Å²) in [4.78, 5) is 16.3. The lowest BCUT2D eigenvalue weighted by Gasteiger charge is -2.12. The monoisotopic (exact) mass is 354 g/mol. The van der Waals surface area contributed by atoms with Gasteiger partial charge in [-0.3, -0.25) is 9.78 Å². The molecule has 0 spiro atoms. The van der Waals surface area contributed by atoms with Crippen molar-refractivity contribution < 1.29 is 13.2 Å². The Morgan fingerprint density at radius 1 is 0.960 bits per heavy atom. The Kier molecular flexibility index (Phi) is 4.30. The molecule has 0 fully saturated rings. The zero-order valence-corrected chi connectivity index (χ0v) is 15.0. The fourth-order valence-electron chi connectivity index (χ4n) is 2.66. The molecule has 0 radical (unpaired) electrons. The van der Waals surface area contributed by atoms with E-state index in [0.29, 0.717) is 16.6 Å². The molecule has 0 unspecified atom stereocenters. The molecule has 25 heavy (non-hydrogen) atoms. The van der Waals surface area contributed by atoms with Crippen LogP contribution in [0.15, 0.2) is 58.3 Å². The average molecular weight is 354 g/mol. The van der Waals surface area contributed by atoms with E-state index in [-0.39, 0.29) is 15.7 Å². The van der Waals surface area contributed by atoms with E-state index in [0.717, 1.165) is 11.3 Å². The van der Waals surface area contributed by atoms with Gasteiger partial charge < -0.3 is 5.32 Å². The van der Waals surface area contributed by atoms with Crippen LogP contribution in [0.5, 0.6) is 0 Å². The SMILES string of the molecule is CC(=O)Nc1ccc(S(=O)(=O)c2ccc(C)cc2)c2ccc(C)nc12. The van der Waals surface area contributed by atoms with Crippen LogP contribution in [0.2, 0.25) is 0 Å². The van der Waals surface area contributed by atoms with Crippen LogP contribution in [-0.4, -0.2) is 19.3 Å². The van der Waals surface area contributed by atoms with E-state index in [1.807, 2.05) is 13.8 Å². The zero-order valence-electron chi connectivity index (χ0n) is 14.2. The molecule has 1 aromatic heterocycles. The zero-order chi connectivity index (χ0) is 18.2. The van der Waals surface area contributed by atoms with E-state index in [9.17, 15) is 13.2 Å². The highest BCUT2D eigenvalue weighted by atomic mass is 32.2. The van der Waals surface area contributed by atoms with Gasteiger partial charge in [-0.1, -0.05) is 17.7 Å². The molecule has 0 saturated carbocycles. The van der Waals surface area contributed by atoms with Crippen LogP contribution in [0.25, 0.3) is 10.9 Å². The Balaban J connectivity index is 2.27. The lowest BCUT2D eigenvalue weighted by Crippen LogP contribution is -2.09. The summed E-state index contributed by atoms with van der Waals surface area (Å²) < 4.78 is 26.1. The van der Waals surface area contributed by atoms with Crippen molar-refractivity contribution in [1.29, 1.82) is 0 Å². The number of carbonyl (C=O) groups excluding carboxylic acids is 1. The van der Waals surface area contributed by atoms with Crippen LogP contribution in [0.3, 0.4) is 0 Å². The number of benzene rings is 2. The second kappa shape index (κ2) is 6.29. The van der Waals surface area contributed by atoms with Gasteiger partial charge in [-0.15, -0.1) is 0 Å². The van der Waals surface area contributed by atoms with Gasteiger partial charge >= 0.3 is 0 Å². The van der Waals surface area contributed by atoms with Crippen molar-refractivity contribution in [3.8, 4) is 0 Å². The van der Waals surface area contributed by atoms with Gasteiger partial charge in [0.25, 0.3) is 0 Å². The molecule has 0 aliphatic heterocycles. The van der Waals surface area contributed by atoms with Gasteiger partial charge in [0, 0.05) is 18.0 Å². The normalized spacial score (nSPS) is 11.5. The predicted molar refractivity (Wildman–Crippen MR) is 97.4 cm³/mol. The van der Waals surface area contributed by atoms with Gasteiger partial charge in [-0.25, -0.2) is 8.42 Å². The minimum absolute atomic E-state index is 0.174. The third-order valence-electron chi connectivity index (χ3n) is 3.89. The van der Waals surface area contributed by atoms with Crippen molar-refractivity contribution in [3.63, 3.8) is 0 Å². The first-order chi connectivity index (χ1) is 11.8. The fourth-order valence-corrected chi connectivity index (χ4v) is 4.11. The van der Waals surface area contributed by atoms with Crippen LogP contribution < -0.4 is 5.32 Å². The molecule has 0 saturated heterocycles. The summed E-state index contributed by atoms with van der Waals surface area (Å²) in [5.74, 6) is -0.237. The minimum Gasteiger partial charge on any atom is -0.324 e. The van der Waals surface area contributed by atoms with Gasteiger partial charge in [-0.2, -0.15) is 0 Å². The number of aromatic nitrogens is 1. The number of anilines is 1. The molecular weight excluding hydrogens is 336 g/mol. The maximum Gasteiger partial charge on any atom is 0.221 e. The molecule has 0 atom stereocenters. The van der Waals surface area contributed by atoms with Crippen molar-refractivity contribution in [2.24, 2.45) is 0 Å². The Morgan fingerprint density at radius 2 is 1.64 bits per heavy atom. The molecule has 0 bridgehead atoms. The molecule has 1 amide bonds. The average Bonchev–Trinajstić information content (AvgIpc) is 2.55. The van der Waals surface area contributed by atoms with E-state index >= 15 is 0 Å². The number of hydrogen-bond acceptors (Lipinski definition) is 4. The third-order valence-corrected chi connectivity index (χ3v) is 5.72. The van der Waals surface area contributed by atoms with E-state index in [4.69, 9.17) is 0 Å². The van der Waals surface area contributed by atoms with Crippen LogP contribution >= 0.6 is 0 Å². The number of nitrogens with one attached hydrogen (secondary N) is 1. The molecule has 0 aliphatic carbocycles. The summed E-state index contributed by atoms with van der Waals surface area (Å²) in [6, 6.07) is 13.3. The second-order valence-electron chi connectivity index (χ2n) is 5.96. The molecule has 3 rings (SSSR count). The number of sulfone groups is 1. The van der Waals surface area contributed by atoms with E-state index in [1.54, 1.807) is 42.5 Å². The molecule has 1 N–H and O–H groups in total. The molecule has 1 heterocycles. The van der Waals surface area contributed by atoms with Crippen molar-refractivity contribution in [1.82, 2.24) is 4.98 Å². The summed E-state index contributed by atoms with van der Waals surface area (Å²) >= 11 is 0. The third kappa shape index (κ3) is 3.25. The number of fused-ring (bicyclic) bond motifs is 1. The van der Waals surface area contributed by atoms with Gasteiger partial charge in [0.15, 0.2) is 0 Å². The van der Waals surface area contributed by atoms with E-state index < -0.39 is 9.84 Å². The highest BCUT2D eigenvalue weighted by Crippen LogP contribution is 2.32. The predicted octanol–water partition coefficient (Wildman–Crippen LogP) is 3.64. The number of pyridine rings is 1. The first-order valence-corrected chi connectivity index (χ1v) is 9.27. The molecule has 128 valence electrons. The van der Waals surface area contributed by atoms with E-state index in [1.165, 1.54) is 13.0 Å². The molecule has 5 nitrogen and oxygen atoms in total. The maximum atomic E-state index is 13.1. The van der Waals surface area contributed by atoms with Crippen LogP contribution in [0, 0.1) is 13.8 Å². The van der Waals surface area contributed by atoms with Crippen molar-refractivity contribution in [2.45, 2.75) is 30.6 Å². The van der Waals surface area contributed by atoms with Crippen LogP contribution in [0.4, 0.5) is 5.69 Å². The van der Waals surface area contributed by atoms with Crippen molar-refractivity contribution in [2.75, 3.05) is 5.32 Å². The minimum atomic E-state index is -3.69. The number of carbonyl (C=O) groups is 1. The lowest BCUT2D eigenvalue weighted by atomic mass is 10.1. The van der Waals surface area contributed by atoms with E-state index in [2.05, 4.69) is 10.3 Å². The Labute approximate surface area is 146 Å². The summed E-state index contributed by atoms with van der Waals surface area (Å²) in [6.45, 7) is 5.12. The Hall–Kier alpha value is -2.73. The van der Waals surface area contributed by atoms with Gasteiger partial charge in [-0.05, 0) is 50.2 Å². The summed E-state index contributed by atoms with van der Waals surface area (Å²) in [6.07, 6.45) is 0. The summed E-state index contributed by atoms with van der Waals surface area (Å²) in [5, 5.41) is 3.19. The van der Waals surface area contributed by atoms with Gasteiger partial charge in [0.2, 0.25) is 15.7 Å². The highest BCUT2D eigenvalue weighted by Gasteiger charge is 2.22. The number of hydrogen-bond donors (Lipinski definition) is 1.